The molecule has 0 radical (unpaired) electrons. The predicted octanol–water partition coefficient (Wildman–Crippen LogP) is 0.128. The fraction of sp³-hybridized carbons (Fsp3) is 0.812. The van der Waals surface area contributed by atoms with Crippen molar-refractivity contribution in [3.8, 4) is 0 Å². The number of rotatable bonds is 5. The zero-order valence-electron chi connectivity index (χ0n) is 13.8. The fourth-order valence-electron chi connectivity index (χ4n) is 3.37. The molecule has 2 saturated heterocycles. The SMILES string of the molecule is CCOC(=O)[C@@H]1CCCCN1C(=O)CN1CCC(C(N)=O)CC1. The molecule has 2 heterocycles. The number of piperidine rings is 2. The van der Waals surface area contributed by atoms with Gasteiger partial charge < -0.3 is 15.4 Å². The number of nitrogens with two attached hydrogens (primary N) is 1. The van der Waals surface area contributed by atoms with E-state index in [2.05, 4.69) is 0 Å². The van der Waals surface area contributed by atoms with E-state index in [-0.39, 0.29) is 23.7 Å². The van der Waals surface area contributed by atoms with Gasteiger partial charge in [-0.3, -0.25) is 14.5 Å². The maximum Gasteiger partial charge on any atom is 0.328 e. The Balaban J connectivity index is 1.88. The fourth-order valence-corrected chi connectivity index (χ4v) is 3.37. The molecule has 0 saturated carbocycles. The van der Waals surface area contributed by atoms with Crippen LogP contribution in [0.2, 0.25) is 0 Å². The number of esters is 1. The van der Waals surface area contributed by atoms with E-state index in [0.29, 0.717) is 52.0 Å². The number of ether oxygens (including phenoxy) is 1. The van der Waals surface area contributed by atoms with E-state index in [0.717, 1.165) is 12.8 Å². The molecule has 0 aromatic carbocycles. The zero-order chi connectivity index (χ0) is 16.8. The Morgan fingerprint density at radius 3 is 2.39 bits per heavy atom. The summed E-state index contributed by atoms with van der Waals surface area (Å²) < 4.78 is 5.09. The van der Waals surface area contributed by atoms with Gasteiger partial charge in [-0.25, -0.2) is 4.79 Å². The zero-order valence-corrected chi connectivity index (χ0v) is 13.8. The van der Waals surface area contributed by atoms with Crippen LogP contribution in [0.3, 0.4) is 0 Å². The summed E-state index contributed by atoms with van der Waals surface area (Å²) in [6, 6.07) is -0.445. The monoisotopic (exact) mass is 325 g/mol. The maximum atomic E-state index is 12.6. The van der Waals surface area contributed by atoms with Crippen LogP contribution < -0.4 is 5.73 Å². The number of carbonyl (C=O) groups excluding carboxylic acids is 3. The Bertz CT molecular complexity index is 447. The van der Waals surface area contributed by atoms with E-state index in [1.165, 1.54) is 0 Å². The Labute approximate surface area is 137 Å². The molecule has 2 rings (SSSR count). The van der Waals surface area contributed by atoms with E-state index in [4.69, 9.17) is 10.5 Å². The van der Waals surface area contributed by atoms with Crippen LogP contribution in [0.15, 0.2) is 0 Å². The van der Waals surface area contributed by atoms with Crippen molar-refractivity contribution in [1.29, 1.82) is 0 Å². The third-order valence-electron chi connectivity index (χ3n) is 4.73. The molecule has 2 fully saturated rings. The Kier molecular flexibility index (Phi) is 6.38. The Morgan fingerprint density at radius 2 is 1.78 bits per heavy atom. The summed E-state index contributed by atoms with van der Waals surface area (Å²) in [7, 11) is 0. The minimum atomic E-state index is -0.445. The number of primary amides is 1. The molecule has 23 heavy (non-hydrogen) atoms. The van der Waals surface area contributed by atoms with Crippen LogP contribution in [-0.2, 0) is 19.1 Å². The first-order valence-corrected chi connectivity index (χ1v) is 8.50. The van der Waals surface area contributed by atoms with Crippen molar-refractivity contribution in [2.45, 2.75) is 45.1 Å². The van der Waals surface area contributed by atoms with Crippen molar-refractivity contribution in [2.24, 2.45) is 11.7 Å². The lowest BCUT2D eigenvalue weighted by molar-refractivity contribution is -0.157. The second kappa shape index (κ2) is 8.29. The lowest BCUT2D eigenvalue weighted by Crippen LogP contribution is -2.52. The van der Waals surface area contributed by atoms with Gasteiger partial charge >= 0.3 is 5.97 Å². The van der Waals surface area contributed by atoms with Gasteiger partial charge in [0.15, 0.2) is 0 Å². The standard InChI is InChI=1S/C16H27N3O4/c1-2-23-16(22)13-5-3-4-8-19(13)14(20)11-18-9-6-12(7-10-18)15(17)21/h12-13H,2-11H2,1H3,(H2,17,21)/t13-/m0/s1. The highest BCUT2D eigenvalue weighted by Gasteiger charge is 2.34. The maximum absolute atomic E-state index is 12.6. The van der Waals surface area contributed by atoms with Gasteiger partial charge in [-0.2, -0.15) is 0 Å². The van der Waals surface area contributed by atoms with Crippen LogP contribution in [0.25, 0.3) is 0 Å². The lowest BCUT2D eigenvalue weighted by Gasteiger charge is -2.36. The molecule has 7 nitrogen and oxygen atoms in total. The number of hydrogen-bond acceptors (Lipinski definition) is 5. The molecule has 2 N–H and O–H groups in total. The van der Waals surface area contributed by atoms with Crippen molar-refractivity contribution in [3.05, 3.63) is 0 Å². The molecular formula is C16H27N3O4. The van der Waals surface area contributed by atoms with Crippen LogP contribution in [0.5, 0.6) is 0 Å². The number of likely N-dealkylation sites (tertiary alicyclic amines) is 2. The van der Waals surface area contributed by atoms with E-state index >= 15 is 0 Å². The molecular weight excluding hydrogens is 298 g/mol. The topological polar surface area (TPSA) is 92.9 Å². The minimum absolute atomic E-state index is 0.0275. The summed E-state index contributed by atoms with van der Waals surface area (Å²) in [6.45, 7) is 4.39. The van der Waals surface area contributed by atoms with Crippen molar-refractivity contribution >= 4 is 17.8 Å². The second-order valence-corrected chi connectivity index (χ2v) is 6.30. The van der Waals surface area contributed by atoms with Gasteiger partial charge in [0.05, 0.1) is 13.2 Å². The molecule has 0 unspecified atom stereocenters. The van der Waals surface area contributed by atoms with E-state index < -0.39 is 6.04 Å². The molecule has 0 aromatic rings. The van der Waals surface area contributed by atoms with Crippen LogP contribution in [-0.4, -0.2) is 66.4 Å². The highest BCUT2D eigenvalue weighted by Crippen LogP contribution is 2.20. The van der Waals surface area contributed by atoms with Crippen molar-refractivity contribution in [3.63, 3.8) is 0 Å². The Morgan fingerprint density at radius 1 is 1.09 bits per heavy atom. The van der Waals surface area contributed by atoms with Gasteiger partial charge in [0.2, 0.25) is 11.8 Å². The van der Waals surface area contributed by atoms with Gasteiger partial charge in [0.1, 0.15) is 6.04 Å². The highest BCUT2D eigenvalue weighted by atomic mass is 16.5. The van der Waals surface area contributed by atoms with Crippen LogP contribution >= 0.6 is 0 Å². The van der Waals surface area contributed by atoms with Crippen LogP contribution in [0.4, 0.5) is 0 Å². The summed E-state index contributed by atoms with van der Waals surface area (Å²) in [5.74, 6) is -0.661. The van der Waals surface area contributed by atoms with Crippen molar-refractivity contribution in [1.82, 2.24) is 9.80 Å². The van der Waals surface area contributed by atoms with E-state index in [1.807, 2.05) is 4.90 Å². The summed E-state index contributed by atoms with van der Waals surface area (Å²) in [5, 5.41) is 0. The van der Waals surface area contributed by atoms with E-state index in [1.54, 1.807) is 11.8 Å². The molecule has 0 aliphatic carbocycles. The third kappa shape index (κ3) is 4.67. The number of carbonyl (C=O) groups is 3. The molecule has 7 heteroatoms. The van der Waals surface area contributed by atoms with Gasteiger partial charge in [-0.15, -0.1) is 0 Å². The first kappa shape index (κ1) is 17.7. The summed E-state index contributed by atoms with van der Waals surface area (Å²) in [6.07, 6.45) is 3.94. The van der Waals surface area contributed by atoms with Crippen molar-refractivity contribution < 1.29 is 19.1 Å². The molecule has 2 aliphatic heterocycles. The number of amides is 2. The molecule has 130 valence electrons. The van der Waals surface area contributed by atoms with Gasteiger partial charge in [-0.1, -0.05) is 0 Å². The molecule has 2 aliphatic rings. The van der Waals surface area contributed by atoms with Gasteiger partial charge in [0, 0.05) is 12.5 Å². The van der Waals surface area contributed by atoms with Gasteiger partial charge in [-0.05, 0) is 52.1 Å². The first-order chi connectivity index (χ1) is 11.0. The number of hydrogen-bond donors (Lipinski definition) is 1. The predicted molar refractivity (Wildman–Crippen MR) is 84.3 cm³/mol. The molecule has 1 atom stereocenters. The molecule has 2 amide bonds. The average molecular weight is 325 g/mol. The third-order valence-corrected chi connectivity index (χ3v) is 4.73. The molecule has 0 spiro atoms. The second-order valence-electron chi connectivity index (χ2n) is 6.30. The smallest absolute Gasteiger partial charge is 0.328 e. The molecule has 0 bridgehead atoms. The van der Waals surface area contributed by atoms with Crippen LogP contribution in [0, 0.1) is 5.92 Å². The van der Waals surface area contributed by atoms with E-state index in [9.17, 15) is 14.4 Å². The minimum Gasteiger partial charge on any atom is -0.464 e. The van der Waals surface area contributed by atoms with Gasteiger partial charge in [0.25, 0.3) is 0 Å². The number of nitrogens with zero attached hydrogens (tertiary/aromatic N) is 2. The Hall–Kier alpha value is -1.63. The quantitative estimate of drug-likeness (QED) is 0.725. The van der Waals surface area contributed by atoms with Crippen molar-refractivity contribution in [2.75, 3.05) is 32.8 Å². The van der Waals surface area contributed by atoms with Crippen LogP contribution in [0.1, 0.15) is 39.0 Å². The first-order valence-electron chi connectivity index (χ1n) is 8.50. The normalized spacial score (nSPS) is 23.5. The highest BCUT2D eigenvalue weighted by molar-refractivity contribution is 5.86. The lowest BCUT2D eigenvalue weighted by atomic mass is 9.96. The average Bonchev–Trinajstić information content (AvgIpc) is 2.55. The largest absolute Gasteiger partial charge is 0.464 e. The summed E-state index contributed by atoms with van der Waals surface area (Å²) in [5.41, 5.74) is 5.33. The molecule has 0 aromatic heterocycles. The summed E-state index contributed by atoms with van der Waals surface area (Å²) in [4.78, 5) is 39.5. The summed E-state index contributed by atoms with van der Waals surface area (Å²) >= 11 is 0.